The molecule has 0 aliphatic carbocycles. The molecule has 1 fully saturated rings. The number of methoxy groups -OCH3 is 1. The van der Waals surface area contributed by atoms with Gasteiger partial charge in [0.15, 0.2) is 11.5 Å². The molecule has 0 spiro atoms. The highest BCUT2D eigenvalue weighted by atomic mass is 16.5. The van der Waals surface area contributed by atoms with Crippen LogP contribution in [0.4, 0.5) is 5.69 Å². The van der Waals surface area contributed by atoms with E-state index in [0.717, 1.165) is 5.56 Å². The van der Waals surface area contributed by atoms with Crippen molar-refractivity contribution < 1.29 is 14.3 Å². The van der Waals surface area contributed by atoms with Crippen LogP contribution in [0.2, 0.25) is 0 Å². The van der Waals surface area contributed by atoms with E-state index in [1.54, 1.807) is 13.2 Å². The molecule has 0 bridgehead atoms. The minimum absolute atomic E-state index is 0.0718. The van der Waals surface area contributed by atoms with Gasteiger partial charge in [-0.3, -0.25) is 4.79 Å². The second kappa shape index (κ2) is 7.56. The molecule has 4 rings (SSSR count). The topological polar surface area (TPSA) is 50.8 Å². The summed E-state index contributed by atoms with van der Waals surface area (Å²) in [5, 5.41) is 3.30. The van der Waals surface area contributed by atoms with Gasteiger partial charge in [0, 0.05) is 24.1 Å². The van der Waals surface area contributed by atoms with E-state index in [4.69, 9.17) is 9.47 Å². The number of nitrogens with zero attached hydrogens (tertiary/aromatic N) is 1. The van der Waals surface area contributed by atoms with Crippen LogP contribution in [-0.2, 0) is 10.2 Å². The van der Waals surface area contributed by atoms with Crippen molar-refractivity contribution in [1.29, 1.82) is 0 Å². The summed E-state index contributed by atoms with van der Waals surface area (Å²) in [6.07, 6.45) is 6.35. The molecule has 2 aromatic rings. The minimum Gasteiger partial charge on any atom is -0.493 e. The Balaban J connectivity index is 1.74. The maximum absolute atomic E-state index is 12.5. The largest absolute Gasteiger partial charge is 0.493 e. The van der Waals surface area contributed by atoms with E-state index in [1.165, 1.54) is 11.3 Å². The Labute approximate surface area is 178 Å². The van der Waals surface area contributed by atoms with Gasteiger partial charge in [0.2, 0.25) is 5.91 Å². The molecule has 30 heavy (non-hydrogen) atoms. The third kappa shape index (κ3) is 3.05. The molecule has 2 aliphatic heterocycles. The first-order valence-corrected chi connectivity index (χ1v) is 10.2. The summed E-state index contributed by atoms with van der Waals surface area (Å²) < 4.78 is 11.1. The Morgan fingerprint density at radius 2 is 2.00 bits per heavy atom. The molecule has 2 heterocycles. The van der Waals surface area contributed by atoms with Gasteiger partial charge < -0.3 is 19.7 Å². The summed E-state index contributed by atoms with van der Waals surface area (Å²) in [5.41, 5.74) is 2.46. The molecule has 0 saturated carbocycles. The number of carbonyl (C=O) groups is 1. The van der Waals surface area contributed by atoms with E-state index < -0.39 is 5.66 Å². The molecule has 1 amide bonds. The lowest BCUT2D eigenvalue weighted by atomic mass is 9.74. The van der Waals surface area contributed by atoms with Crippen LogP contribution in [0.15, 0.2) is 61.2 Å². The lowest BCUT2D eigenvalue weighted by molar-refractivity contribution is -0.124. The van der Waals surface area contributed by atoms with Crippen LogP contribution >= 0.6 is 0 Å². The molecule has 0 unspecified atom stereocenters. The van der Waals surface area contributed by atoms with Crippen molar-refractivity contribution in [1.82, 2.24) is 5.32 Å². The van der Waals surface area contributed by atoms with E-state index in [9.17, 15) is 4.79 Å². The lowest BCUT2D eigenvalue weighted by Crippen LogP contribution is -2.68. The number of rotatable bonds is 6. The number of carbonyl (C=O) groups excluding carboxylic acids is 1. The Morgan fingerprint density at radius 1 is 1.20 bits per heavy atom. The van der Waals surface area contributed by atoms with Crippen molar-refractivity contribution >= 4 is 17.7 Å². The molecule has 2 aliphatic rings. The number of anilines is 1. The molecular weight excluding hydrogens is 376 g/mol. The zero-order chi connectivity index (χ0) is 21.4. The third-order valence-corrected chi connectivity index (χ3v) is 6.20. The number of hydrogen-bond acceptors (Lipinski definition) is 4. The molecule has 2 aromatic carbocycles. The number of ether oxygens (including phenoxy) is 2. The second-order valence-electron chi connectivity index (χ2n) is 8.20. The van der Waals surface area contributed by atoms with Crippen molar-refractivity contribution in [3.05, 3.63) is 72.3 Å². The highest BCUT2D eigenvalue weighted by Crippen LogP contribution is 2.52. The molecule has 1 N–H and O–H groups in total. The lowest BCUT2D eigenvalue weighted by Gasteiger charge is -2.49. The highest BCUT2D eigenvalue weighted by molar-refractivity contribution is 5.84. The van der Waals surface area contributed by atoms with Gasteiger partial charge in [-0.1, -0.05) is 56.8 Å². The minimum atomic E-state index is -0.628. The smallest absolute Gasteiger partial charge is 0.223 e. The van der Waals surface area contributed by atoms with Crippen LogP contribution in [0.1, 0.15) is 31.4 Å². The van der Waals surface area contributed by atoms with Crippen molar-refractivity contribution in [2.45, 2.75) is 31.3 Å². The summed E-state index contributed by atoms with van der Waals surface area (Å²) in [5.74, 6) is 1.41. The quantitative estimate of drug-likeness (QED) is 0.730. The molecule has 5 heteroatoms. The molecule has 0 aromatic heterocycles. The number of benzene rings is 2. The summed E-state index contributed by atoms with van der Waals surface area (Å²) in [4.78, 5) is 14.8. The monoisotopic (exact) mass is 404 g/mol. The fourth-order valence-electron chi connectivity index (χ4n) is 4.59. The van der Waals surface area contributed by atoms with E-state index in [2.05, 4.69) is 61.0 Å². The van der Waals surface area contributed by atoms with Crippen LogP contribution < -0.4 is 19.7 Å². The van der Waals surface area contributed by atoms with Crippen molar-refractivity contribution in [2.24, 2.45) is 0 Å². The molecule has 0 radical (unpaired) electrons. The van der Waals surface area contributed by atoms with Crippen molar-refractivity contribution in [3.63, 3.8) is 0 Å². The van der Waals surface area contributed by atoms with Gasteiger partial charge in [0.1, 0.15) is 12.3 Å². The number of fused-ring (bicyclic) bond motifs is 3. The Hall–Kier alpha value is -3.21. The number of para-hydroxylation sites is 1. The Bertz CT molecular complexity index is 1010. The van der Waals surface area contributed by atoms with Crippen LogP contribution in [-0.4, -0.2) is 31.8 Å². The van der Waals surface area contributed by atoms with Gasteiger partial charge in [0.05, 0.1) is 7.11 Å². The predicted molar refractivity (Wildman–Crippen MR) is 120 cm³/mol. The first-order valence-electron chi connectivity index (χ1n) is 10.2. The maximum atomic E-state index is 12.5. The zero-order valence-electron chi connectivity index (χ0n) is 17.8. The second-order valence-corrected chi connectivity index (χ2v) is 8.20. The highest BCUT2D eigenvalue weighted by Gasteiger charge is 2.57. The fourth-order valence-corrected chi connectivity index (χ4v) is 4.59. The number of hydrogen-bond donors (Lipinski definition) is 1. The van der Waals surface area contributed by atoms with Crippen molar-refractivity contribution in [2.75, 3.05) is 25.2 Å². The molecule has 1 atom stereocenters. The fraction of sp³-hybridized carbons (Fsp3) is 0.320. The Morgan fingerprint density at radius 3 is 2.77 bits per heavy atom. The average molecular weight is 405 g/mol. The van der Waals surface area contributed by atoms with E-state index in [1.807, 2.05) is 24.3 Å². The SMILES string of the molecule is C=CCOc1ccc(C=C[C@@]23NC(=O)CCN2c2ccccc2C3(C)C)cc1OC. The summed E-state index contributed by atoms with van der Waals surface area (Å²) in [6, 6.07) is 14.2. The first kappa shape index (κ1) is 20.1. The molecule has 156 valence electrons. The third-order valence-electron chi connectivity index (χ3n) is 6.20. The summed E-state index contributed by atoms with van der Waals surface area (Å²) in [7, 11) is 1.63. The summed E-state index contributed by atoms with van der Waals surface area (Å²) >= 11 is 0. The standard InChI is InChI=1S/C25H28N2O3/c1-5-16-30-21-11-10-18(17-22(21)29-4)12-14-25-24(2,3)19-8-6-7-9-20(19)27(25)15-13-23(28)26-25/h5-12,14,17H,1,13,15-16H2,2-4H3,(H,26,28)/t25-/m1/s1. The van der Waals surface area contributed by atoms with Crippen LogP contribution in [0.25, 0.3) is 6.08 Å². The van der Waals surface area contributed by atoms with Crippen LogP contribution in [0.3, 0.4) is 0 Å². The summed E-state index contributed by atoms with van der Waals surface area (Å²) in [6.45, 7) is 9.17. The van der Waals surface area contributed by atoms with Gasteiger partial charge in [-0.25, -0.2) is 0 Å². The van der Waals surface area contributed by atoms with Gasteiger partial charge in [-0.05, 0) is 35.4 Å². The number of nitrogens with one attached hydrogen (secondary N) is 1. The Kier molecular flexibility index (Phi) is 5.06. The van der Waals surface area contributed by atoms with Gasteiger partial charge in [-0.15, -0.1) is 0 Å². The van der Waals surface area contributed by atoms with E-state index >= 15 is 0 Å². The predicted octanol–water partition coefficient (Wildman–Crippen LogP) is 4.29. The van der Waals surface area contributed by atoms with Crippen molar-refractivity contribution in [3.8, 4) is 11.5 Å². The molecule has 5 nitrogen and oxygen atoms in total. The van der Waals surface area contributed by atoms with E-state index in [-0.39, 0.29) is 11.3 Å². The van der Waals surface area contributed by atoms with Crippen LogP contribution in [0, 0.1) is 0 Å². The maximum Gasteiger partial charge on any atom is 0.223 e. The van der Waals surface area contributed by atoms with Gasteiger partial charge in [0.25, 0.3) is 0 Å². The zero-order valence-corrected chi connectivity index (χ0v) is 17.8. The molecular formula is C25H28N2O3. The molecule has 1 saturated heterocycles. The van der Waals surface area contributed by atoms with E-state index in [0.29, 0.717) is 31.1 Å². The van der Waals surface area contributed by atoms with Crippen LogP contribution in [0.5, 0.6) is 11.5 Å². The normalized spacial score (nSPS) is 21.7. The van der Waals surface area contributed by atoms with Gasteiger partial charge >= 0.3 is 0 Å². The average Bonchev–Trinajstić information content (AvgIpc) is 2.95. The number of amides is 1. The first-order chi connectivity index (χ1) is 14.4. The van der Waals surface area contributed by atoms with Gasteiger partial charge in [-0.2, -0.15) is 0 Å².